The van der Waals surface area contributed by atoms with Crippen LogP contribution in [0.1, 0.15) is 13.8 Å². The van der Waals surface area contributed by atoms with Crippen molar-refractivity contribution >= 4 is 5.69 Å². The van der Waals surface area contributed by atoms with Crippen molar-refractivity contribution in [3.63, 3.8) is 0 Å². The van der Waals surface area contributed by atoms with Crippen molar-refractivity contribution in [1.82, 2.24) is 4.98 Å². The molecular formula is C10H13N3O. The normalized spacial score (nSPS) is 9.57. The molecule has 0 aliphatic heterocycles. The van der Waals surface area contributed by atoms with Crippen molar-refractivity contribution in [3.8, 4) is 11.9 Å². The van der Waals surface area contributed by atoms with E-state index in [2.05, 4.69) is 10.3 Å². The third kappa shape index (κ3) is 2.94. The maximum Gasteiger partial charge on any atom is 0.237 e. The van der Waals surface area contributed by atoms with Crippen LogP contribution >= 0.6 is 0 Å². The Bertz CT molecular complexity index is 330. The molecule has 0 saturated carbocycles. The minimum Gasteiger partial charge on any atom is -0.473 e. The first kappa shape index (κ1) is 10.3. The molecule has 0 fully saturated rings. The Morgan fingerprint density at radius 1 is 1.64 bits per heavy atom. The average Bonchev–Trinajstić information content (AvgIpc) is 2.16. The molecule has 0 aromatic carbocycles. The molecule has 0 aliphatic carbocycles. The van der Waals surface area contributed by atoms with Gasteiger partial charge in [-0.2, -0.15) is 5.26 Å². The number of hydrogen-bond acceptors (Lipinski definition) is 4. The predicted octanol–water partition coefficient (Wildman–Crippen LogP) is 1.80. The summed E-state index contributed by atoms with van der Waals surface area (Å²) in [5.74, 6) is 0.540. The van der Waals surface area contributed by atoms with Crippen molar-refractivity contribution < 1.29 is 4.74 Å². The Morgan fingerprint density at radius 3 is 3.07 bits per heavy atom. The van der Waals surface area contributed by atoms with Gasteiger partial charge in [0.25, 0.3) is 0 Å². The van der Waals surface area contributed by atoms with Crippen LogP contribution in [0.3, 0.4) is 0 Å². The van der Waals surface area contributed by atoms with Gasteiger partial charge in [-0.3, -0.25) is 0 Å². The number of pyridine rings is 1. The van der Waals surface area contributed by atoms with Crippen molar-refractivity contribution in [2.75, 3.05) is 11.9 Å². The molecule has 14 heavy (non-hydrogen) atoms. The van der Waals surface area contributed by atoms with E-state index in [9.17, 15) is 0 Å². The first-order valence-corrected chi connectivity index (χ1v) is 4.46. The molecule has 1 rings (SSSR count). The van der Waals surface area contributed by atoms with E-state index < -0.39 is 0 Å². The molecule has 0 unspecified atom stereocenters. The van der Waals surface area contributed by atoms with Crippen molar-refractivity contribution in [1.29, 1.82) is 5.26 Å². The van der Waals surface area contributed by atoms with E-state index in [-0.39, 0.29) is 12.6 Å². The van der Waals surface area contributed by atoms with Crippen molar-refractivity contribution in [2.24, 2.45) is 0 Å². The van der Waals surface area contributed by atoms with Gasteiger partial charge in [0.2, 0.25) is 5.88 Å². The van der Waals surface area contributed by atoms with E-state index in [1.54, 1.807) is 12.3 Å². The molecule has 1 heterocycles. The molecule has 74 valence electrons. The van der Waals surface area contributed by atoms with Gasteiger partial charge in [-0.15, -0.1) is 0 Å². The van der Waals surface area contributed by atoms with Crippen LogP contribution in [-0.4, -0.2) is 17.6 Å². The van der Waals surface area contributed by atoms with E-state index in [0.717, 1.165) is 5.69 Å². The molecule has 1 aromatic heterocycles. The van der Waals surface area contributed by atoms with Gasteiger partial charge < -0.3 is 10.1 Å². The molecule has 1 N–H and O–H groups in total. The molecule has 0 atom stereocenters. The largest absolute Gasteiger partial charge is 0.473 e. The van der Waals surface area contributed by atoms with Crippen molar-refractivity contribution in [2.45, 2.75) is 20.0 Å². The monoisotopic (exact) mass is 191 g/mol. The second-order valence-corrected chi connectivity index (χ2v) is 3.03. The smallest absolute Gasteiger partial charge is 0.237 e. The molecule has 1 aromatic rings. The molecule has 0 bridgehead atoms. The minimum absolute atomic E-state index is 0.0764. The Labute approximate surface area is 83.5 Å². The zero-order valence-corrected chi connectivity index (χ0v) is 8.32. The van der Waals surface area contributed by atoms with Gasteiger partial charge in [-0.1, -0.05) is 0 Å². The Hall–Kier alpha value is -1.76. The molecule has 0 aliphatic rings. The summed E-state index contributed by atoms with van der Waals surface area (Å²) < 4.78 is 5.46. The summed E-state index contributed by atoms with van der Waals surface area (Å²) in [6, 6.07) is 5.64. The fourth-order valence-electron chi connectivity index (χ4n) is 0.977. The third-order valence-corrected chi connectivity index (χ3v) is 1.48. The number of anilines is 1. The lowest BCUT2D eigenvalue weighted by molar-refractivity contribution is 0.234. The zero-order chi connectivity index (χ0) is 10.4. The van der Waals surface area contributed by atoms with E-state index in [0.29, 0.717) is 5.88 Å². The first-order valence-electron chi connectivity index (χ1n) is 4.46. The molecule has 0 amide bonds. The van der Waals surface area contributed by atoms with Gasteiger partial charge in [-0.05, 0) is 26.0 Å². The van der Waals surface area contributed by atoms with Crippen LogP contribution in [0.15, 0.2) is 18.3 Å². The maximum absolute atomic E-state index is 8.43. The van der Waals surface area contributed by atoms with E-state index in [1.165, 1.54) is 0 Å². The molecule has 4 nitrogen and oxygen atoms in total. The van der Waals surface area contributed by atoms with E-state index in [1.807, 2.05) is 26.0 Å². The third-order valence-electron chi connectivity index (χ3n) is 1.48. The molecule has 0 saturated heterocycles. The van der Waals surface area contributed by atoms with Crippen LogP contribution in [0.4, 0.5) is 5.69 Å². The average molecular weight is 191 g/mol. The summed E-state index contributed by atoms with van der Waals surface area (Å²) in [4.78, 5) is 4.08. The van der Waals surface area contributed by atoms with Crippen LogP contribution < -0.4 is 10.1 Å². The highest BCUT2D eigenvalue weighted by Gasteiger charge is 2.04. The van der Waals surface area contributed by atoms with E-state index in [4.69, 9.17) is 10.00 Å². The summed E-state index contributed by atoms with van der Waals surface area (Å²) in [6.45, 7) is 4.12. The molecule has 0 radical (unpaired) electrons. The highest BCUT2D eigenvalue weighted by atomic mass is 16.5. The predicted molar refractivity (Wildman–Crippen MR) is 54.1 cm³/mol. The van der Waals surface area contributed by atoms with E-state index >= 15 is 0 Å². The van der Waals surface area contributed by atoms with Gasteiger partial charge >= 0.3 is 0 Å². The van der Waals surface area contributed by atoms with Gasteiger partial charge in [0.15, 0.2) is 0 Å². The lowest BCUT2D eigenvalue weighted by atomic mass is 10.4. The summed E-state index contributed by atoms with van der Waals surface area (Å²) in [5, 5.41) is 11.3. The summed E-state index contributed by atoms with van der Waals surface area (Å²) in [5.41, 5.74) is 0.753. The number of nitrogens with zero attached hydrogens (tertiary/aromatic N) is 2. The molecular weight excluding hydrogens is 178 g/mol. The molecule has 4 heteroatoms. The fraction of sp³-hybridized carbons (Fsp3) is 0.400. The lowest BCUT2D eigenvalue weighted by Gasteiger charge is -2.12. The highest BCUT2D eigenvalue weighted by Crippen LogP contribution is 2.20. The summed E-state index contributed by atoms with van der Waals surface area (Å²) in [7, 11) is 0. The van der Waals surface area contributed by atoms with Gasteiger partial charge in [-0.25, -0.2) is 4.98 Å². The number of nitrogens with one attached hydrogen (secondary N) is 1. The lowest BCUT2D eigenvalue weighted by Crippen LogP contribution is -2.10. The van der Waals surface area contributed by atoms with Crippen LogP contribution in [-0.2, 0) is 0 Å². The van der Waals surface area contributed by atoms with Gasteiger partial charge in [0, 0.05) is 6.20 Å². The second-order valence-electron chi connectivity index (χ2n) is 3.03. The number of aromatic nitrogens is 1. The number of ether oxygens (including phenoxy) is 1. The first-order chi connectivity index (χ1) is 6.74. The maximum atomic E-state index is 8.43. The number of hydrogen-bond donors (Lipinski definition) is 1. The Balaban J connectivity index is 2.76. The molecule has 0 spiro atoms. The highest BCUT2D eigenvalue weighted by molar-refractivity contribution is 5.52. The summed E-state index contributed by atoms with van der Waals surface area (Å²) >= 11 is 0. The fourth-order valence-corrected chi connectivity index (χ4v) is 0.977. The summed E-state index contributed by atoms with van der Waals surface area (Å²) in [6.07, 6.45) is 1.74. The second kappa shape index (κ2) is 5.07. The zero-order valence-electron chi connectivity index (χ0n) is 8.32. The minimum atomic E-state index is 0.0764. The SMILES string of the molecule is CC(C)Oc1ncccc1NCC#N. The van der Waals surface area contributed by atoms with Crippen LogP contribution in [0.2, 0.25) is 0 Å². The topological polar surface area (TPSA) is 57.9 Å². The van der Waals surface area contributed by atoms with Crippen molar-refractivity contribution in [3.05, 3.63) is 18.3 Å². The number of rotatable bonds is 4. The number of nitriles is 1. The van der Waals surface area contributed by atoms with Gasteiger partial charge in [0.1, 0.15) is 6.54 Å². The van der Waals surface area contributed by atoms with Crippen LogP contribution in [0.25, 0.3) is 0 Å². The Kier molecular flexibility index (Phi) is 3.74. The Morgan fingerprint density at radius 2 is 2.43 bits per heavy atom. The van der Waals surface area contributed by atoms with Gasteiger partial charge in [0.05, 0.1) is 17.9 Å². The standard InChI is InChI=1S/C10H13N3O/c1-8(2)14-10-9(12-7-5-11)4-3-6-13-10/h3-4,6,8,12H,7H2,1-2H3. The van der Waals surface area contributed by atoms with Crippen LogP contribution in [0.5, 0.6) is 5.88 Å². The van der Waals surface area contributed by atoms with Crippen LogP contribution in [0, 0.1) is 11.3 Å². The quantitative estimate of drug-likeness (QED) is 0.737.